The molecule has 1 aromatic carbocycles. The molecule has 1 aromatic rings. The molecule has 0 saturated heterocycles. The zero-order valence-electron chi connectivity index (χ0n) is 20.3. The highest BCUT2D eigenvalue weighted by atomic mass is 16.3. The molecule has 1 heteroatoms. The van der Waals surface area contributed by atoms with Gasteiger partial charge >= 0.3 is 0 Å². The van der Waals surface area contributed by atoms with Crippen molar-refractivity contribution < 1.29 is 5.11 Å². The van der Waals surface area contributed by atoms with Gasteiger partial charge in [-0.2, -0.15) is 0 Å². The van der Waals surface area contributed by atoms with Crippen molar-refractivity contribution in [2.24, 2.45) is 17.8 Å². The Kier molecular flexibility index (Phi) is 12.4. The largest absolute Gasteiger partial charge is 0.507 e. The highest BCUT2D eigenvalue weighted by Gasteiger charge is 2.10. The third kappa shape index (κ3) is 10.9. The SMILES string of the molecule is C=C(CCCC(C)CCCC(C)CCCC(C)C)CCc1c(C)ccc(C)c1O. The van der Waals surface area contributed by atoms with E-state index < -0.39 is 0 Å². The minimum absolute atomic E-state index is 0.477. The van der Waals surface area contributed by atoms with E-state index in [9.17, 15) is 5.11 Å². The lowest BCUT2D eigenvalue weighted by Crippen LogP contribution is -2.00. The molecule has 1 nitrogen and oxygen atoms in total. The van der Waals surface area contributed by atoms with E-state index in [-0.39, 0.29) is 0 Å². The number of aryl methyl sites for hydroxylation is 2. The average molecular weight is 401 g/mol. The van der Waals surface area contributed by atoms with Gasteiger partial charge in [0.2, 0.25) is 0 Å². The first kappa shape index (κ1) is 25.8. The normalized spacial score (nSPS) is 13.6. The van der Waals surface area contributed by atoms with Crippen molar-refractivity contribution in [3.05, 3.63) is 41.0 Å². The number of benzene rings is 1. The van der Waals surface area contributed by atoms with E-state index >= 15 is 0 Å². The lowest BCUT2D eigenvalue weighted by Gasteiger charge is -2.15. The quantitative estimate of drug-likeness (QED) is 0.291. The van der Waals surface area contributed by atoms with Crippen LogP contribution in [0.4, 0.5) is 0 Å². The highest BCUT2D eigenvalue weighted by molar-refractivity contribution is 5.44. The van der Waals surface area contributed by atoms with Crippen LogP contribution in [-0.4, -0.2) is 5.11 Å². The van der Waals surface area contributed by atoms with Gasteiger partial charge in [0.25, 0.3) is 0 Å². The highest BCUT2D eigenvalue weighted by Crippen LogP contribution is 2.28. The van der Waals surface area contributed by atoms with Crippen LogP contribution >= 0.6 is 0 Å². The van der Waals surface area contributed by atoms with E-state index in [4.69, 9.17) is 0 Å². The Hall–Kier alpha value is -1.24. The number of phenolic OH excluding ortho intramolecular Hbond substituents is 1. The van der Waals surface area contributed by atoms with Crippen molar-refractivity contribution in [2.45, 2.75) is 112 Å². The molecule has 1 rings (SSSR count). The average Bonchev–Trinajstić information content (AvgIpc) is 2.64. The molecule has 1 N–H and O–H groups in total. The van der Waals surface area contributed by atoms with Crippen molar-refractivity contribution in [3.63, 3.8) is 0 Å². The van der Waals surface area contributed by atoms with Crippen molar-refractivity contribution in [1.82, 2.24) is 0 Å². The zero-order chi connectivity index (χ0) is 21.8. The van der Waals surface area contributed by atoms with Gasteiger partial charge in [-0.3, -0.25) is 0 Å². The molecule has 2 atom stereocenters. The molecule has 0 aromatic heterocycles. The molecular weight excluding hydrogens is 352 g/mol. The zero-order valence-corrected chi connectivity index (χ0v) is 20.3. The standard InChI is InChI=1S/C28H48O/c1-21(2)11-8-12-22(3)13-9-14-23(4)15-10-16-24(5)17-20-27-25(6)18-19-26(7)28(27)29/h18-19,21-23,29H,5,8-17,20H2,1-4,6-7H3. The molecule has 2 unspecified atom stereocenters. The fraction of sp³-hybridized carbons (Fsp3) is 0.714. The number of aromatic hydroxyl groups is 1. The summed E-state index contributed by atoms with van der Waals surface area (Å²) in [5, 5.41) is 10.3. The molecule has 0 fully saturated rings. The van der Waals surface area contributed by atoms with Crippen LogP contribution < -0.4 is 0 Å². The minimum atomic E-state index is 0.477. The second-order valence-electron chi connectivity index (χ2n) is 10.1. The van der Waals surface area contributed by atoms with Gasteiger partial charge in [-0.1, -0.05) is 96.9 Å². The van der Waals surface area contributed by atoms with Crippen LogP contribution in [0.2, 0.25) is 0 Å². The van der Waals surface area contributed by atoms with Gasteiger partial charge in [-0.15, -0.1) is 0 Å². The maximum atomic E-state index is 10.3. The summed E-state index contributed by atoms with van der Waals surface area (Å²) in [4.78, 5) is 0. The third-order valence-electron chi connectivity index (χ3n) is 6.55. The molecule has 0 amide bonds. The van der Waals surface area contributed by atoms with Crippen molar-refractivity contribution in [3.8, 4) is 5.75 Å². The van der Waals surface area contributed by atoms with Crippen LogP contribution in [0.25, 0.3) is 0 Å². The Bertz CT molecular complexity index is 599. The molecule has 0 aliphatic carbocycles. The number of phenols is 1. The first-order valence-corrected chi connectivity index (χ1v) is 12.1. The maximum Gasteiger partial charge on any atom is 0.121 e. The number of rotatable bonds is 15. The van der Waals surface area contributed by atoms with Crippen LogP contribution in [-0.2, 0) is 6.42 Å². The topological polar surface area (TPSA) is 20.2 Å². The summed E-state index contributed by atoms with van der Waals surface area (Å²) in [7, 11) is 0. The second kappa shape index (κ2) is 13.9. The smallest absolute Gasteiger partial charge is 0.121 e. The fourth-order valence-electron chi connectivity index (χ4n) is 4.28. The minimum Gasteiger partial charge on any atom is -0.507 e. The summed E-state index contributed by atoms with van der Waals surface area (Å²) in [6, 6.07) is 4.11. The van der Waals surface area contributed by atoms with Gasteiger partial charge in [-0.25, -0.2) is 0 Å². The molecule has 0 spiro atoms. The van der Waals surface area contributed by atoms with Gasteiger partial charge < -0.3 is 5.11 Å². The van der Waals surface area contributed by atoms with E-state index in [1.54, 1.807) is 0 Å². The van der Waals surface area contributed by atoms with E-state index in [1.165, 1.54) is 62.5 Å². The molecule has 0 aliphatic heterocycles. The van der Waals surface area contributed by atoms with Crippen LogP contribution in [0, 0.1) is 31.6 Å². The molecule has 0 radical (unpaired) electrons. The first-order valence-electron chi connectivity index (χ1n) is 12.1. The van der Waals surface area contributed by atoms with Crippen LogP contribution in [0.15, 0.2) is 24.3 Å². The molecule has 0 heterocycles. The summed E-state index contributed by atoms with van der Waals surface area (Å²) in [5.74, 6) is 3.05. The number of hydrogen-bond acceptors (Lipinski definition) is 1. The molecule has 29 heavy (non-hydrogen) atoms. The lowest BCUT2D eigenvalue weighted by atomic mass is 9.91. The molecule has 166 valence electrons. The van der Waals surface area contributed by atoms with Crippen LogP contribution in [0.3, 0.4) is 0 Å². The molecule has 0 saturated carbocycles. The molecule has 0 bridgehead atoms. The number of allylic oxidation sites excluding steroid dienone is 1. The summed E-state index contributed by atoms with van der Waals surface area (Å²) in [5.41, 5.74) is 4.59. The van der Waals surface area contributed by atoms with E-state index in [1.807, 2.05) is 13.0 Å². The summed E-state index contributed by atoms with van der Waals surface area (Å²) in [6.45, 7) is 17.9. The summed E-state index contributed by atoms with van der Waals surface area (Å²) < 4.78 is 0. The van der Waals surface area contributed by atoms with Crippen LogP contribution in [0.1, 0.15) is 109 Å². The Morgan fingerprint density at radius 2 is 1.31 bits per heavy atom. The Morgan fingerprint density at radius 1 is 0.793 bits per heavy atom. The third-order valence-corrected chi connectivity index (χ3v) is 6.55. The molecule has 0 aliphatic rings. The summed E-state index contributed by atoms with van der Waals surface area (Å²) >= 11 is 0. The first-order chi connectivity index (χ1) is 13.7. The van der Waals surface area contributed by atoms with Crippen molar-refractivity contribution in [2.75, 3.05) is 0 Å². The van der Waals surface area contributed by atoms with Gasteiger partial charge in [0.05, 0.1) is 0 Å². The molecular formula is C28H48O. The lowest BCUT2D eigenvalue weighted by molar-refractivity contribution is 0.388. The second-order valence-corrected chi connectivity index (χ2v) is 10.1. The van der Waals surface area contributed by atoms with E-state index in [2.05, 4.69) is 47.3 Å². The van der Waals surface area contributed by atoms with Gasteiger partial charge in [0.15, 0.2) is 0 Å². The predicted octanol–water partition coefficient (Wildman–Crippen LogP) is 8.94. The Morgan fingerprint density at radius 3 is 1.90 bits per heavy atom. The maximum absolute atomic E-state index is 10.3. The fourth-order valence-corrected chi connectivity index (χ4v) is 4.28. The monoisotopic (exact) mass is 400 g/mol. The van der Waals surface area contributed by atoms with Crippen molar-refractivity contribution >= 4 is 0 Å². The Balaban J connectivity index is 2.15. The van der Waals surface area contributed by atoms with Gasteiger partial charge in [-0.05, 0) is 74.0 Å². The Labute approximate surface area is 182 Å². The van der Waals surface area contributed by atoms with Crippen molar-refractivity contribution in [1.29, 1.82) is 0 Å². The summed E-state index contributed by atoms with van der Waals surface area (Å²) in [6.07, 6.45) is 13.9. The van der Waals surface area contributed by atoms with E-state index in [0.29, 0.717) is 5.75 Å². The predicted molar refractivity (Wildman–Crippen MR) is 130 cm³/mol. The van der Waals surface area contributed by atoms with Gasteiger partial charge in [0, 0.05) is 0 Å². The number of hydrogen-bond donors (Lipinski definition) is 1. The van der Waals surface area contributed by atoms with E-state index in [0.717, 1.165) is 48.1 Å². The van der Waals surface area contributed by atoms with Crippen LogP contribution in [0.5, 0.6) is 5.75 Å². The van der Waals surface area contributed by atoms with Gasteiger partial charge in [0.1, 0.15) is 5.75 Å².